The second-order valence-electron chi connectivity index (χ2n) is 4.87. The topological polar surface area (TPSA) is 92.8 Å². The Morgan fingerprint density at radius 1 is 1.42 bits per heavy atom. The van der Waals surface area contributed by atoms with Crippen molar-refractivity contribution < 1.29 is 22.7 Å². The van der Waals surface area contributed by atoms with Crippen LogP contribution in [-0.2, 0) is 19.7 Å². The number of amides is 1. The summed E-state index contributed by atoms with van der Waals surface area (Å²) in [4.78, 5) is 22.5. The predicted molar refractivity (Wildman–Crippen MR) is 68.7 cm³/mol. The number of nitrogens with one attached hydrogen (secondary N) is 1. The van der Waals surface area contributed by atoms with Crippen LogP contribution in [0, 0.1) is 0 Å². The van der Waals surface area contributed by atoms with Crippen molar-refractivity contribution in [3.05, 3.63) is 0 Å². The third-order valence-electron chi connectivity index (χ3n) is 2.71. The van der Waals surface area contributed by atoms with E-state index in [0.29, 0.717) is 19.4 Å². The fraction of sp³-hybridized carbons (Fsp3) is 0.818. The number of ether oxygens (including phenoxy) is 1. The third-order valence-corrected chi connectivity index (χ3v) is 4.23. The number of rotatable bonds is 5. The SMILES string of the molecule is CC(=O)CC1CCCN1S(=O)(=O)NC(=O)OC(C)C. The van der Waals surface area contributed by atoms with Gasteiger partial charge in [0, 0.05) is 19.0 Å². The molecular formula is C11H20N2O5S. The highest BCUT2D eigenvalue weighted by atomic mass is 32.2. The molecule has 1 aliphatic rings. The summed E-state index contributed by atoms with van der Waals surface area (Å²) in [6, 6.07) is -0.373. The van der Waals surface area contributed by atoms with Crippen LogP contribution in [0.2, 0.25) is 0 Å². The minimum atomic E-state index is -3.94. The highest BCUT2D eigenvalue weighted by molar-refractivity contribution is 7.87. The fourth-order valence-electron chi connectivity index (χ4n) is 2.06. The summed E-state index contributed by atoms with van der Waals surface area (Å²) in [6.07, 6.45) is 0.0723. The molecule has 19 heavy (non-hydrogen) atoms. The summed E-state index contributed by atoms with van der Waals surface area (Å²) in [6.45, 7) is 4.98. The van der Waals surface area contributed by atoms with Gasteiger partial charge < -0.3 is 4.74 Å². The van der Waals surface area contributed by atoms with Gasteiger partial charge in [0.1, 0.15) is 5.78 Å². The number of Topliss-reactive ketones (excluding diaryl/α,β-unsaturated/α-hetero) is 1. The van der Waals surface area contributed by atoms with Gasteiger partial charge in [0.2, 0.25) is 0 Å². The zero-order valence-electron chi connectivity index (χ0n) is 11.4. The molecule has 1 aliphatic heterocycles. The predicted octanol–water partition coefficient (Wildman–Crippen LogP) is 0.809. The van der Waals surface area contributed by atoms with Gasteiger partial charge in [-0.2, -0.15) is 12.7 Å². The molecule has 0 aromatic carbocycles. The summed E-state index contributed by atoms with van der Waals surface area (Å²) in [5.74, 6) is -0.0724. The molecular weight excluding hydrogens is 272 g/mol. The lowest BCUT2D eigenvalue weighted by Gasteiger charge is -2.23. The van der Waals surface area contributed by atoms with Crippen molar-refractivity contribution in [2.24, 2.45) is 0 Å². The molecule has 0 spiro atoms. The number of carbonyl (C=O) groups is 2. The highest BCUT2D eigenvalue weighted by Crippen LogP contribution is 2.23. The first kappa shape index (κ1) is 15.9. The van der Waals surface area contributed by atoms with E-state index < -0.39 is 22.4 Å². The quantitative estimate of drug-likeness (QED) is 0.809. The van der Waals surface area contributed by atoms with Crippen LogP contribution in [0.25, 0.3) is 0 Å². The van der Waals surface area contributed by atoms with E-state index in [1.165, 1.54) is 6.92 Å². The minimum absolute atomic E-state index is 0.0724. The van der Waals surface area contributed by atoms with Crippen LogP contribution < -0.4 is 4.72 Å². The van der Waals surface area contributed by atoms with Crippen LogP contribution in [0.15, 0.2) is 0 Å². The highest BCUT2D eigenvalue weighted by Gasteiger charge is 2.36. The fourth-order valence-corrected chi connectivity index (χ4v) is 3.38. The Hall–Kier alpha value is -1.15. The summed E-state index contributed by atoms with van der Waals surface area (Å²) >= 11 is 0. The number of ketones is 1. The van der Waals surface area contributed by atoms with Crippen LogP contribution in [0.5, 0.6) is 0 Å². The van der Waals surface area contributed by atoms with Crippen molar-refractivity contribution >= 4 is 22.1 Å². The smallest absolute Gasteiger partial charge is 0.422 e. The van der Waals surface area contributed by atoms with E-state index in [1.807, 2.05) is 4.72 Å². The Balaban J connectivity index is 2.70. The maximum atomic E-state index is 12.0. The van der Waals surface area contributed by atoms with E-state index in [9.17, 15) is 18.0 Å². The molecule has 0 aromatic heterocycles. The van der Waals surface area contributed by atoms with Crippen LogP contribution >= 0.6 is 0 Å². The van der Waals surface area contributed by atoms with Crippen molar-refractivity contribution in [2.75, 3.05) is 6.54 Å². The van der Waals surface area contributed by atoms with Gasteiger partial charge in [-0.25, -0.2) is 9.52 Å². The zero-order valence-corrected chi connectivity index (χ0v) is 12.2. The monoisotopic (exact) mass is 292 g/mol. The van der Waals surface area contributed by atoms with Gasteiger partial charge in [0.05, 0.1) is 6.10 Å². The molecule has 0 aromatic rings. The molecule has 1 N–H and O–H groups in total. The van der Waals surface area contributed by atoms with Gasteiger partial charge in [-0.15, -0.1) is 0 Å². The van der Waals surface area contributed by atoms with E-state index >= 15 is 0 Å². The van der Waals surface area contributed by atoms with Crippen LogP contribution in [-0.4, -0.2) is 43.3 Å². The molecule has 0 bridgehead atoms. The first-order chi connectivity index (χ1) is 8.72. The summed E-state index contributed by atoms with van der Waals surface area (Å²) in [5.41, 5.74) is 0. The van der Waals surface area contributed by atoms with E-state index in [2.05, 4.69) is 0 Å². The van der Waals surface area contributed by atoms with Crippen molar-refractivity contribution in [1.82, 2.24) is 9.03 Å². The molecule has 1 saturated heterocycles. The van der Waals surface area contributed by atoms with Crippen molar-refractivity contribution in [2.45, 2.75) is 52.2 Å². The summed E-state index contributed by atoms with van der Waals surface area (Å²) < 4.78 is 31.8. The van der Waals surface area contributed by atoms with Gasteiger partial charge in [0.25, 0.3) is 0 Å². The molecule has 7 nitrogen and oxygen atoms in total. The molecule has 1 atom stereocenters. The Morgan fingerprint density at radius 3 is 2.58 bits per heavy atom. The summed E-state index contributed by atoms with van der Waals surface area (Å²) in [7, 11) is -3.94. The molecule has 1 heterocycles. The molecule has 1 unspecified atom stereocenters. The Bertz CT molecular complexity index is 446. The molecule has 1 rings (SSSR count). The van der Waals surface area contributed by atoms with E-state index in [-0.39, 0.29) is 18.2 Å². The maximum absolute atomic E-state index is 12.0. The molecule has 110 valence electrons. The first-order valence-corrected chi connectivity index (χ1v) is 7.66. The largest absolute Gasteiger partial charge is 0.446 e. The van der Waals surface area contributed by atoms with Crippen molar-refractivity contribution in [3.8, 4) is 0 Å². The average molecular weight is 292 g/mol. The molecule has 0 aliphatic carbocycles. The normalized spacial score (nSPS) is 20.5. The molecule has 1 fully saturated rings. The Morgan fingerprint density at radius 2 is 2.05 bits per heavy atom. The molecule has 0 saturated carbocycles. The average Bonchev–Trinajstić information content (AvgIpc) is 2.62. The second-order valence-corrected chi connectivity index (χ2v) is 6.50. The second kappa shape index (κ2) is 6.33. The van der Waals surface area contributed by atoms with Gasteiger partial charge in [-0.3, -0.25) is 4.79 Å². The first-order valence-electron chi connectivity index (χ1n) is 6.22. The van der Waals surface area contributed by atoms with Gasteiger partial charge in [-0.05, 0) is 33.6 Å². The molecule has 8 heteroatoms. The summed E-state index contributed by atoms with van der Waals surface area (Å²) in [5, 5.41) is 0. The Kier molecular flexibility index (Phi) is 5.30. The standard InChI is InChI=1S/C11H20N2O5S/c1-8(2)18-11(15)12-19(16,17)13-6-4-5-10(13)7-9(3)14/h8,10H,4-7H2,1-3H3,(H,12,15). The van der Waals surface area contributed by atoms with Gasteiger partial charge in [0.15, 0.2) is 0 Å². The lowest BCUT2D eigenvalue weighted by Crippen LogP contribution is -2.46. The zero-order chi connectivity index (χ0) is 14.6. The Labute approximate surface area is 113 Å². The number of carbonyl (C=O) groups excluding carboxylic acids is 2. The van der Waals surface area contributed by atoms with Gasteiger partial charge >= 0.3 is 16.3 Å². The maximum Gasteiger partial charge on any atom is 0.422 e. The molecule has 0 radical (unpaired) electrons. The van der Waals surface area contributed by atoms with E-state index in [0.717, 1.165) is 4.31 Å². The van der Waals surface area contributed by atoms with Gasteiger partial charge in [-0.1, -0.05) is 0 Å². The van der Waals surface area contributed by atoms with Crippen molar-refractivity contribution in [3.63, 3.8) is 0 Å². The van der Waals surface area contributed by atoms with Crippen LogP contribution in [0.4, 0.5) is 4.79 Å². The lowest BCUT2D eigenvalue weighted by molar-refractivity contribution is -0.117. The van der Waals surface area contributed by atoms with E-state index in [4.69, 9.17) is 4.74 Å². The number of hydrogen-bond donors (Lipinski definition) is 1. The van der Waals surface area contributed by atoms with Crippen LogP contribution in [0.1, 0.15) is 40.0 Å². The van der Waals surface area contributed by atoms with Crippen LogP contribution in [0.3, 0.4) is 0 Å². The molecule has 1 amide bonds. The minimum Gasteiger partial charge on any atom is -0.446 e. The third kappa shape index (κ3) is 4.79. The number of hydrogen-bond acceptors (Lipinski definition) is 5. The number of nitrogens with zero attached hydrogens (tertiary/aromatic N) is 1. The van der Waals surface area contributed by atoms with E-state index in [1.54, 1.807) is 13.8 Å². The van der Waals surface area contributed by atoms with Crippen molar-refractivity contribution in [1.29, 1.82) is 0 Å². The lowest BCUT2D eigenvalue weighted by atomic mass is 10.1.